The molecule has 1 amide bonds. The van der Waals surface area contributed by atoms with Crippen LogP contribution in [-0.4, -0.2) is 22.1 Å². The average molecular weight is 335 g/mol. The van der Waals surface area contributed by atoms with Gasteiger partial charge in [-0.3, -0.25) is 4.79 Å². The van der Waals surface area contributed by atoms with Crippen LogP contribution in [0.25, 0.3) is 11.3 Å². The van der Waals surface area contributed by atoms with Crippen LogP contribution in [0.1, 0.15) is 61.5 Å². The van der Waals surface area contributed by atoms with Gasteiger partial charge in [0, 0.05) is 17.2 Å². The van der Waals surface area contributed by atoms with E-state index in [1.165, 1.54) is 19.3 Å². The normalized spacial score (nSPS) is 24.7. The van der Waals surface area contributed by atoms with Gasteiger partial charge in [0.1, 0.15) is 0 Å². The molecule has 4 heteroatoms. The number of nitrogens with zero attached hydrogens (tertiary/aromatic N) is 2. The molecule has 0 unspecified atom stereocenters. The van der Waals surface area contributed by atoms with Gasteiger partial charge in [-0.25, -0.2) is 0 Å². The summed E-state index contributed by atoms with van der Waals surface area (Å²) in [5.41, 5.74) is 3.42. The summed E-state index contributed by atoms with van der Waals surface area (Å²) in [6.45, 7) is 4.20. The first-order valence-electron chi connectivity index (χ1n) is 9.35. The van der Waals surface area contributed by atoms with Crippen molar-refractivity contribution in [3.8, 4) is 11.3 Å². The van der Waals surface area contributed by atoms with Gasteiger partial charge < -0.3 is 5.32 Å². The highest BCUT2D eigenvalue weighted by atomic mass is 16.1. The third kappa shape index (κ3) is 3.30. The maximum absolute atomic E-state index is 12.7. The van der Waals surface area contributed by atoms with Gasteiger partial charge in [-0.05, 0) is 61.3 Å². The van der Waals surface area contributed by atoms with E-state index in [9.17, 15) is 4.79 Å². The molecule has 0 spiro atoms. The van der Waals surface area contributed by atoms with Gasteiger partial charge in [0.15, 0.2) is 0 Å². The third-order valence-electron chi connectivity index (χ3n) is 5.75. The van der Waals surface area contributed by atoms with Crippen LogP contribution in [0, 0.1) is 11.8 Å². The van der Waals surface area contributed by atoms with Gasteiger partial charge in [0.2, 0.25) is 0 Å². The van der Waals surface area contributed by atoms with E-state index >= 15 is 0 Å². The summed E-state index contributed by atoms with van der Waals surface area (Å²) in [7, 11) is 0. The Morgan fingerprint density at radius 2 is 2.00 bits per heavy atom. The molecule has 2 saturated carbocycles. The fourth-order valence-corrected chi connectivity index (χ4v) is 4.30. The summed E-state index contributed by atoms with van der Waals surface area (Å²) in [5.74, 6) is 1.91. The second-order valence-corrected chi connectivity index (χ2v) is 7.83. The van der Waals surface area contributed by atoms with Crippen LogP contribution >= 0.6 is 0 Å². The maximum Gasteiger partial charge on any atom is 0.251 e. The molecule has 0 radical (unpaired) electrons. The Bertz CT molecular complexity index is 769. The Labute approximate surface area is 149 Å². The number of nitrogens with one attached hydrogen (secondary N) is 1. The van der Waals surface area contributed by atoms with E-state index in [0.29, 0.717) is 23.4 Å². The fraction of sp³-hybridized carbons (Fsp3) is 0.476. The predicted octanol–water partition coefficient (Wildman–Crippen LogP) is 4.19. The van der Waals surface area contributed by atoms with E-state index < -0.39 is 0 Å². The molecule has 0 aliphatic heterocycles. The predicted molar refractivity (Wildman–Crippen MR) is 98.3 cm³/mol. The summed E-state index contributed by atoms with van der Waals surface area (Å²) in [4.78, 5) is 12.7. The first-order chi connectivity index (χ1) is 12.1. The number of carbonyl (C=O) groups is 1. The quantitative estimate of drug-likeness (QED) is 0.911. The van der Waals surface area contributed by atoms with Crippen molar-refractivity contribution < 1.29 is 4.79 Å². The molecular weight excluding hydrogens is 310 g/mol. The van der Waals surface area contributed by atoms with Crippen molar-refractivity contribution in [3.05, 3.63) is 47.7 Å². The molecule has 0 saturated heterocycles. The number of carbonyl (C=O) groups excluding carboxylic acids is 1. The van der Waals surface area contributed by atoms with Crippen molar-refractivity contribution in [3.63, 3.8) is 0 Å². The van der Waals surface area contributed by atoms with E-state index in [0.717, 1.165) is 29.3 Å². The molecular formula is C21H25N3O. The topological polar surface area (TPSA) is 54.9 Å². The summed E-state index contributed by atoms with van der Waals surface area (Å²) in [6.07, 6.45) is 5.06. The zero-order valence-electron chi connectivity index (χ0n) is 14.9. The van der Waals surface area contributed by atoms with Crippen LogP contribution in [0.5, 0.6) is 0 Å². The third-order valence-corrected chi connectivity index (χ3v) is 5.75. The van der Waals surface area contributed by atoms with E-state index in [1.54, 1.807) is 0 Å². The molecule has 1 heterocycles. The van der Waals surface area contributed by atoms with E-state index in [1.807, 2.05) is 36.4 Å². The SMILES string of the molecule is CC(C)c1ccc(-c2cccc(C(=O)N[C@@H]3C[C@@H]4CC[C@H]3C4)c2)nn1. The molecule has 1 aromatic carbocycles. The number of rotatable bonds is 4. The first kappa shape index (κ1) is 16.2. The summed E-state index contributed by atoms with van der Waals surface area (Å²) < 4.78 is 0. The van der Waals surface area contributed by atoms with Crippen molar-refractivity contribution in [2.75, 3.05) is 0 Å². The van der Waals surface area contributed by atoms with Crippen molar-refractivity contribution in [1.82, 2.24) is 15.5 Å². The standard InChI is InChI=1S/C21H25N3O/c1-13(2)18-8-9-19(24-23-18)15-4-3-5-17(12-15)21(25)22-20-11-14-6-7-16(20)10-14/h3-5,8-9,12-14,16,20H,6-7,10-11H2,1-2H3,(H,22,25)/t14-,16+,20-/m1/s1. The van der Waals surface area contributed by atoms with Gasteiger partial charge in [-0.2, -0.15) is 10.2 Å². The molecule has 2 aliphatic rings. The molecule has 2 bridgehead atoms. The summed E-state index contributed by atoms with van der Waals surface area (Å²) in [6, 6.07) is 12.0. The number of amides is 1. The molecule has 3 atom stereocenters. The van der Waals surface area contributed by atoms with E-state index in [-0.39, 0.29) is 5.91 Å². The van der Waals surface area contributed by atoms with Crippen molar-refractivity contribution in [1.29, 1.82) is 0 Å². The molecule has 2 aliphatic carbocycles. The van der Waals surface area contributed by atoms with Crippen molar-refractivity contribution >= 4 is 5.91 Å². The van der Waals surface area contributed by atoms with Crippen LogP contribution in [0.3, 0.4) is 0 Å². The number of fused-ring (bicyclic) bond motifs is 2. The molecule has 2 aromatic rings. The van der Waals surface area contributed by atoms with Gasteiger partial charge in [0.05, 0.1) is 11.4 Å². The lowest BCUT2D eigenvalue weighted by atomic mass is 9.95. The Hall–Kier alpha value is -2.23. The number of hydrogen-bond acceptors (Lipinski definition) is 3. The van der Waals surface area contributed by atoms with E-state index in [2.05, 4.69) is 29.4 Å². The monoisotopic (exact) mass is 335 g/mol. The lowest BCUT2D eigenvalue weighted by Crippen LogP contribution is -2.38. The van der Waals surface area contributed by atoms with Crippen LogP contribution in [0.15, 0.2) is 36.4 Å². The Morgan fingerprint density at radius 1 is 1.12 bits per heavy atom. The highest BCUT2D eigenvalue weighted by Gasteiger charge is 2.40. The number of hydrogen-bond donors (Lipinski definition) is 1. The highest BCUT2D eigenvalue weighted by molar-refractivity contribution is 5.95. The molecule has 130 valence electrons. The van der Waals surface area contributed by atoms with Gasteiger partial charge >= 0.3 is 0 Å². The van der Waals surface area contributed by atoms with Crippen molar-refractivity contribution in [2.45, 2.75) is 51.5 Å². The summed E-state index contributed by atoms with van der Waals surface area (Å²) >= 11 is 0. The van der Waals surface area contributed by atoms with Gasteiger partial charge in [-0.15, -0.1) is 0 Å². The lowest BCUT2D eigenvalue weighted by molar-refractivity contribution is 0.0923. The maximum atomic E-state index is 12.7. The zero-order valence-corrected chi connectivity index (χ0v) is 14.9. The minimum absolute atomic E-state index is 0.0335. The van der Waals surface area contributed by atoms with Crippen LogP contribution in [-0.2, 0) is 0 Å². The average Bonchev–Trinajstić information content (AvgIpc) is 3.25. The zero-order chi connectivity index (χ0) is 17.4. The minimum Gasteiger partial charge on any atom is -0.349 e. The first-order valence-corrected chi connectivity index (χ1v) is 9.35. The molecule has 25 heavy (non-hydrogen) atoms. The smallest absolute Gasteiger partial charge is 0.251 e. The number of aromatic nitrogens is 2. The van der Waals surface area contributed by atoms with E-state index in [4.69, 9.17) is 0 Å². The van der Waals surface area contributed by atoms with Crippen molar-refractivity contribution in [2.24, 2.45) is 11.8 Å². The van der Waals surface area contributed by atoms with Crippen LogP contribution < -0.4 is 5.32 Å². The number of benzene rings is 1. The van der Waals surface area contributed by atoms with Gasteiger partial charge in [-0.1, -0.05) is 32.4 Å². The molecule has 4 rings (SSSR count). The van der Waals surface area contributed by atoms with Crippen LogP contribution in [0.4, 0.5) is 0 Å². The largest absolute Gasteiger partial charge is 0.349 e. The van der Waals surface area contributed by atoms with Crippen LogP contribution in [0.2, 0.25) is 0 Å². The fourth-order valence-electron chi connectivity index (χ4n) is 4.30. The second kappa shape index (κ2) is 6.58. The minimum atomic E-state index is 0.0335. The molecule has 1 aromatic heterocycles. The molecule has 2 fully saturated rings. The second-order valence-electron chi connectivity index (χ2n) is 7.83. The molecule has 1 N–H and O–H groups in total. The molecule has 4 nitrogen and oxygen atoms in total. The Balaban J connectivity index is 1.49. The van der Waals surface area contributed by atoms with Gasteiger partial charge in [0.25, 0.3) is 5.91 Å². The Morgan fingerprint density at radius 3 is 2.64 bits per heavy atom. The highest BCUT2D eigenvalue weighted by Crippen LogP contribution is 2.44. The Kier molecular flexibility index (Phi) is 4.28. The lowest BCUT2D eigenvalue weighted by Gasteiger charge is -2.23. The summed E-state index contributed by atoms with van der Waals surface area (Å²) in [5, 5.41) is 11.9.